The summed E-state index contributed by atoms with van der Waals surface area (Å²) in [6.07, 6.45) is 7.91. The van der Waals surface area contributed by atoms with Crippen LogP contribution in [0.5, 0.6) is 0 Å². The van der Waals surface area contributed by atoms with E-state index in [1.165, 1.54) is 25.7 Å². The van der Waals surface area contributed by atoms with E-state index in [9.17, 15) is 9.59 Å². The Balaban J connectivity index is 1.73. The Hall–Kier alpha value is -1.84. The monoisotopic (exact) mass is 286 g/mol. The first-order chi connectivity index (χ1) is 10.2. The maximum absolute atomic E-state index is 12.6. The van der Waals surface area contributed by atoms with Gasteiger partial charge < -0.3 is 10.2 Å². The SMILES string of the molecule is O=C1CN(C(=O)CC2CCCCCC2)c2ccccc2N1. The molecule has 0 bridgehead atoms. The van der Waals surface area contributed by atoms with Crippen molar-refractivity contribution in [1.29, 1.82) is 0 Å². The summed E-state index contributed by atoms with van der Waals surface area (Å²) in [5.41, 5.74) is 1.57. The lowest BCUT2D eigenvalue weighted by molar-refractivity contribution is -0.122. The number of hydrogen-bond acceptors (Lipinski definition) is 2. The topological polar surface area (TPSA) is 49.4 Å². The zero-order valence-corrected chi connectivity index (χ0v) is 12.3. The highest BCUT2D eigenvalue weighted by molar-refractivity contribution is 6.09. The molecule has 4 heteroatoms. The third-order valence-corrected chi connectivity index (χ3v) is 4.51. The van der Waals surface area contributed by atoms with E-state index in [-0.39, 0.29) is 18.4 Å². The standard InChI is InChI=1S/C17H22N2O2/c20-16-12-19(15-10-6-5-9-14(15)18-16)17(21)11-13-7-3-1-2-4-8-13/h5-6,9-10,13H,1-4,7-8,11-12H2,(H,18,20). The third kappa shape index (κ3) is 3.26. The van der Waals surface area contributed by atoms with Crippen LogP contribution in [0.15, 0.2) is 24.3 Å². The minimum absolute atomic E-state index is 0.0872. The van der Waals surface area contributed by atoms with Crippen molar-refractivity contribution in [3.63, 3.8) is 0 Å². The number of nitrogens with zero attached hydrogens (tertiary/aromatic N) is 1. The minimum Gasteiger partial charge on any atom is -0.323 e. The molecule has 0 aromatic heterocycles. The van der Waals surface area contributed by atoms with Gasteiger partial charge in [0.2, 0.25) is 11.8 Å². The number of hydrogen-bond donors (Lipinski definition) is 1. The first-order valence-corrected chi connectivity index (χ1v) is 7.93. The Morgan fingerprint density at radius 1 is 1.14 bits per heavy atom. The Morgan fingerprint density at radius 2 is 1.86 bits per heavy atom. The Bertz CT molecular complexity index is 533. The van der Waals surface area contributed by atoms with Crippen molar-refractivity contribution in [1.82, 2.24) is 0 Å². The molecule has 4 nitrogen and oxygen atoms in total. The second-order valence-electron chi connectivity index (χ2n) is 6.11. The number of rotatable bonds is 2. The second-order valence-corrected chi connectivity index (χ2v) is 6.11. The van der Waals surface area contributed by atoms with Gasteiger partial charge in [0.1, 0.15) is 6.54 Å². The smallest absolute Gasteiger partial charge is 0.244 e. The molecule has 0 spiro atoms. The molecule has 1 N–H and O–H groups in total. The van der Waals surface area contributed by atoms with Gasteiger partial charge in [0.25, 0.3) is 0 Å². The molecule has 1 saturated carbocycles. The zero-order chi connectivity index (χ0) is 14.7. The van der Waals surface area contributed by atoms with E-state index in [1.54, 1.807) is 4.90 Å². The number of nitrogens with one attached hydrogen (secondary N) is 1. The highest BCUT2D eigenvalue weighted by Gasteiger charge is 2.28. The van der Waals surface area contributed by atoms with Crippen LogP contribution in [0.25, 0.3) is 0 Å². The maximum atomic E-state index is 12.6. The molecular formula is C17H22N2O2. The average molecular weight is 286 g/mol. The molecule has 1 heterocycles. The van der Waals surface area contributed by atoms with Gasteiger partial charge in [0.05, 0.1) is 11.4 Å². The van der Waals surface area contributed by atoms with Crippen molar-refractivity contribution < 1.29 is 9.59 Å². The predicted molar refractivity (Wildman–Crippen MR) is 83.2 cm³/mol. The van der Waals surface area contributed by atoms with E-state index >= 15 is 0 Å². The minimum atomic E-state index is -0.108. The van der Waals surface area contributed by atoms with Crippen molar-refractivity contribution in [2.24, 2.45) is 5.92 Å². The molecular weight excluding hydrogens is 264 g/mol. The van der Waals surface area contributed by atoms with Gasteiger partial charge in [-0.15, -0.1) is 0 Å². The maximum Gasteiger partial charge on any atom is 0.244 e. The fourth-order valence-corrected chi connectivity index (χ4v) is 3.38. The van der Waals surface area contributed by atoms with Crippen LogP contribution in [0.3, 0.4) is 0 Å². The van der Waals surface area contributed by atoms with Crippen LogP contribution in [0, 0.1) is 5.92 Å². The summed E-state index contributed by atoms with van der Waals surface area (Å²) in [6.45, 7) is 0.141. The molecule has 0 radical (unpaired) electrons. The Kier molecular flexibility index (Phi) is 4.23. The molecule has 1 aliphatic heterocycles. The summed E-state index contributed by atoms with van der Waals surface area (Å²) in [4.78, 5) is 26.1. The number of anilines is 2. The molecule has 3 rings (SSSR count). The molecule has 1 aromatic carbocycles. The van der Waals surface area contributed by atoms with Gasteiger partial charge in [0, 0.05) is 6.42 Å². The van der Waals surface area contributed by atoms with E-state index in [0.29, 0.717) is 12.3 Å². The molecule has 0 atom stereocenters. The highest BCUT2D eigenvalue weighted by atomic mass is 16.2. The van der Waals surface area contributed by atoms with Crippen LogP contribution in [0.1, 0.15) is 44.9 Å². The molecule has 112 valence electrons. The number of carbonyl (C=O) groups is 2. The summed E-state index contributed by atoms with van der Waals surface area (Å²) in [6, 6.07) is 7.53. The Morgan fingerprint density at radius 3 is 2.62 bits per heavy atom. The Labute approximate surface area is 125 Å². The number of amides is 2. The summed E-state index contributed by atoms with van der Waals surface area (Å²) in [5.74, 6) is 0.462. The van der Waals surface area contributed by atoms with Gasteiger partial charge in [-0.2, -0.15) is 0 Å². The van der Waals surface area contributed by atoms with Crippen molar-refractivity contribution in [3.8, 4) is 0 Å². The molecule has 1 aromatic rings. The van der Waals surface area contributed by atoms with Crippen LogP contribution < -0.4 is 10.2 Å². The van der Waals surface area contributed by atoms with Crippen LogP contribution in [0.2, 0.25) is 0 Å². The lowest BCUT2D eigenvalue weighted by Crippen LogP contribution is -2.42. The lowest BCUT2D eigenvalue weighted by atomic mass is 9.95. The quantitative estimate of drug-likeness (QED) is 0.848. The van der Waals surface area contributed by atoms with Crippen LogP contribution >= 0.6 is 0 Å². The van der Waals surface area contributed by atoms with Crippen LogP contribution in [-0.4, -0.2) is 18.4 Å². The van der Waals surface area contributed by atoms with Crippen molar-refractivity contribution >= 4 is 23.2 Å². The van der Waals surface area contributed by atoms with Gasteiger partial charge in [-0.3, -0.25) is 9.59 Å². The largest absolute Gasteiger partial charge is 0.323 e. The summed E-state index contributed by atoms with van der Waals surface area (Å²) < 4.78 is 0. The fraction of sp³-hybridized carbons (Fsp3) is 0.529. The summed E-state index contributed by atoms with van der Waals surface area (Å²) >= 11 is 0. The fourth-order valence-electron chi connectivity index (χ4n) is 3.38. The molecule has 2 aliphatic rings. The van der Waals surface area contributed by atoms with Gasteiger partial charge in [-0.25, -0.2) is 0 Å². The highest BCUT2D eigenvalue weighted by Crippen LogP contribution is 2.31. The molecule has 1 fully saturated rings. The first kappa shape index (κ1) is 14.1. The van der Waals surface area contributed by atoms with Crippen molar-refractivity contribution in [3.05, 3.63) is 24.3 Å². The number of fused-ring (bicyclic) bond motifs is 1. The lowest BCUT2D eigenvalue weighted by Gasteiger charge is -2.30. The van der Waals surface area contributed by atoms with Crippen molar-refractivity contribution in [2.75, 3.05) is 16.8 Å². The molecule has 2 amide bonds. The first-order valence-electron chi connectivity index (χ1n) is 7.93. The van der Waals surface area contributed by atoms with Crippen molar-refractivity contribution in [2.45, 2.75) is 44.9 Å². The van der Waals surface area contributed by atoms with E-state index in [0.717, 1.165) is 24.2 Å². The molecule has 21 heavy (non-hydrogen) atoms. The number of benzene rings is 1. The van der Waals surface area contributed by atoms with Crippen LogP contribution in [-0.2, 0) is 9.59 Å². The van der Waals surface area contributed by atoms with E-state index in [1.807, 2.05) is 24.3 Å². The normalized spacial score (nSPS) is 19.6. The van der Waals surface area contributed by atoms with Gasteiger partial charge >= 0.3 is 0 Å². The number of carbonyl (C=O) groups excluding carboxylic acids is 2. The van der Waals surface area contributed by atoms with Gasteiger partial charge in [0.15, 0.2) is 0 Å². The van der Waals surface area contributed by atoms with E-state index < -0.39 is 0 Å². The predicted octanol–water partition coefficient (Wildman–Crippen LogP) is 3.33. The molecule has 1 aliphatic carbocycles. The van der Waals surface area contributed by atoms with E-state index in [2.05, 4.69) is 5.32 Å². The molecule has 0 saturated heterocycles. The summed E-state index contributed by atoms with van der Waals surface area (Å²) in [5, 5.41) is 2.83. The van der Waals surface area contributed by atoms with E-state index in [4.69, 9.17) is 0 Å². The third-order valence-electron chi connectivity index (χ3n) is 4.51. The average Bonchev–Trinajstić information content (AvgIpc) is 2.75. The summed E-state index contributed by atoms with van der Waals surface area (Å²) in [7, 11) is 0. The second kappa shape index (κ2) is 6.29. The molecule has 0 unspecified atom stereocenters. The zero-order valence-electron chi connectivity index (χ0n) is 12.3. The van der Waals surface area contributed by atoms with Gasteiger partial charge in [-0.05, 0) is 30.9 Å². The number of para-hydroxylation sites is 2. The van der Waals surface area contributed by atoms with Gasteiger partial charge in [-0.1, -0.05) is 37.8 Å². The van der Waals surface area contributed by atoms with Crippen LogP contribution in [0.4, 0.5) is 11.4 Å².